The van der Waals surface area contributed by atoms with E-state index >= 15 is 0 Å². The van der Waals surface area contributed by atoms with Gasteiger partial charge in [-0.05, 0) is 72.5 Å². The van der Waals surface area contributed by atoms with Gasteiger partial charge in [0.15, 0.2) is 0 Å². The van der Waals surface area contributed by atoms with Crippen molar-refractivity contribution in [3.8, 4) is 11.5 Å². The summed E-state index contributed by atoms with van der Waals surface area (Å²) in [5, 5.41) is 8.04. The summed E-state index contributed by atoms with van der Waals surface area (Å²) >= 11 is 0. The third-order valence-electron chi connectivity index (χ3n) is 4.84. The van der Waals surface area contributed by atoms with E-state index in [0.29, 0.717) is 18.8 Å². The molecular formula is C27H38ClN3O2. The van der Waals surface area contributed by atoms with E-state index in [1.54, 1.807) is 12.4 Å². The SMILES string of the molecule is CCCCCOc1ccc(C=NCC(=N)CN=Cc2ccc(OCCCCC)cc2)cc1.Cl. The summed E-state index contributed by atoms with van der Waals surface area (Å²) in [6.07, 6.45) is 10.5. The molecule has 0 atom stereocenters. The maximum atomic E-state index is 8.04. The van der Waals surface area contributed by atoms with Crippen molar-refractivity contribution in [1.29, 1.82) is 5.41 Å². The Balaban J connectivity index is 0.00000544. The van der Waals surface area contributed by atoms with E-state index in [1.807, 2.05) is 48.5 Å². The number of hydrogen-bond acceptors (Lipinski definition) is 5. The molecule has 2 aromatic carbocycles. The molecule has 33 heavy (non-hydrogen) atoms. The zero-order chi connectivity index (χ0) is 22.9. The fraction of sp³-hybridized carbons (Fsp3) is 0.444. The van der Waals surface area contributed by atoms with Crippen molar-refractivity contribution in [2.45, 2.75) is 52.4 Å². The summed E-state index contributed by atoms with van der Waals surface area (Å²) in [6.45, 7) is 6.58. The molecule has 180 valence electrons. The third kappa shape index (κ3) is 12.8. The van der Waals surface area contributed by atoms with Crippen LogP contribution in [0.4, 0.5) is 0 Å². The molecule has 1 N–H and O–H groups in total. The molecule has 0 bridgehead atoms. The van der Waals surface area contributed by atoms with Gasteiger partial charge >= 0.3 is 0 Å². The van der Waals surface area contributed by atoms with Gasteiger partial charge in [-0.3, -0.25) is 9.98 Å². The van der Waals surface area contributed by atoms with E-state index in [4.69, 9.17) is 14.9 Å². The summed E-state index contributed by atoms with van der Waals surface area (Å²) in [4.78, 5) is 8.71. The number of nitrogens with one attached hydrogen (secondary N) is 1. The highest BCUT2D eigenvalue weighted by molar-refractivity contribution is 5.90. The Labute approximate surface area is 205 Å². The fourth-order valence-electron chi connectivity index (χ4n) is 2.96. The number of benzene rings is 2. The number of hydrogen-bond donors (Lipinski definition) is 1. The van der Waals surface area contributed by atoms with Crippen molar-refractivity contribution in [3.05, 3.63) is 59.7 Å². The van der Waals surface area contributed by atoms with E-state index in [1.165, 1.54) is 25.7 Å². The number of nitrogens with zero attached hydrogens (tertiary/aromatic N) is 2. The van der Waals surface area contributed by atoms with Crippen LogP contribution >= 0.6 is 12.4 Å². The lowest BCUT2D eigenvalue weighted by molar-refractivity contribution is 0.306. The number of ether oxygens (including phenoxy) is 2. The van der Waals surface area contributed by atoms with Crippen LogP contribution in [0.15, 0.2) is 58.5 Å². The molecule has 0 heterocycles. The quantitative estimate of drug-likeness (QED) is 0.216. The predicted octanol–water partition coefficient (Wildman–Crippen LogP) is 6.80. The maximum Gasteiger partial charge on any atom is 0.119 e. The second-order valence-electron chi connectivity index (χ2n) is 7.79. The van der Waals surface area contributed by atoms with Gasteiger partial charge in [0.2, 0.25) is 0 Å². The molecule has 0 unspecified atom stereocenters. The highest BCUT2D eigenvalue weighted by Crippen LogP contribution is 2.13. The summed E-state index contributed by atoms with van der Waals surface area (Å²) in [5.74, 6) is 1.77. The molecule has 0 radical (unpaired) electrons. The van der Waals surface area contributed by atoms with Crippen LogP contribution in [0.1, 0.15) is 63.5 Å². The normalized spacial score (nSPS) is 11.0. The van der Waals surface area contributed by atoms with Crippen molar-refractivity contribution >= 4 is 30.5 Å². The number of rotatable bonds is 16. The molecule has 0 aliphatic carbocycles. The standard InChI is InChI=1S/C27H37N3O2.ClH/c1-3-5-7-17-31-26-13-9-23(10-14-26)19-29-21-25(28)22-30-20-24-11-15-27(16-12-24)32-18-8-6-4-2;/h9-16,19-20,28H,3-8,17-18,21-22H2,1-2H3;1H. The zero-order valence-corrected chi connectivity index (χ0v) is 20.8. The van der Waals surface area contributed by atoms with Crippen LogP contribution in [0.2, 0.25) is 0 Å². The molecular weight excluding hydrogens is 434 g/mol. The van der Waals surface area contributed by atoms with E-state index in [2.05, 4.69) is 23.8 Å². The average Bonchev–Trinajstić information content (AvgIpc) is 2.81. The minimum Gasteiger partial charge on any atom is -0.494 e. The molecule has 2 rings (SSSR count). The van der Waals surface area contributed by atoms with Crippen LogP contribution in [-0.2, 0) is 0 Å². The first-order chi connectivity index (χ1) is 15.7. The molecule has 0 fully saturated rings. The van der Waals surface area contributed by atoms with Gasteiger partial charge in [0.1, 0.15) is 11.5 Å². The van der Waals surface area contributed by atoms with E-state index in [0.717, 1.165) is 48.7 Å². The summed E-state index contributed by atoms with van der Waals surface area (Å²) in [5.41, 5.74) is 2.47. The van der Waals surface area contributed by atoms with Crippen LogP contribution in [0, 0.1) is 5.41 Å². The van der Waals surface area contributed by atoms with Gasteiger partial charge in [0, 0.05) is 12.4 Å². The Hall–Kier alpha value is -2.66. The van der Waals surface area contributed by atoms with Crippen molar-refractivity contribution in [2.24, 2.45) is 9.98 Å². The summed E-state index contributed by atoms with van der Waals surface area (Å²) in [6, 6.07) is 15.8. The van der Waals surface area contributed by atoms with Crippen LogP contribution < -0.4 is 9.47 Å². The molecule has 2 aromatic rings. The summed E-state index contributed by atoms with van der Waals surface area (Å²) < 4.78 is 11.4. The molecule has 0 aromatic heterocycles. The summed E-state index contributed by atoms with van der Waals surface area (Å²) in [7, 11) is 0. The Bertz CT molecular complexity index is 764. The smallest absolute Gasteiger partial charge is 0.119 e. The van der Waals surface area contributed by atoms with Gasteiger partial charge in [-0.15, -0.1) is 12.4 Å². The topological polar surface area (TPSA) is 67.0 Å². The van der Waals surface area contributed by atoms with Gasteiger partial charge in [-0.2, -0.15) is 0 Å². The fourth-order valence-corrected chi connectivity index (χ4v) is 2.96. The average molecular weight is 472 g/mol. The van der Waals surface area contributed by atoms with Crippen molar-refractivity contribution in [2.75, 3.05) is 26.3 Å². The Morgan fingerprint density at radius 1 is 0.697 bits per heavy atom. The van der Waals surface area contributed by atoms with Crippen LogP contribution in [0.3, 0.4) is 0 Å². The van der Waals surface area contributed by atoms with Crippen LogP contribution in [0.25, 0.3) is 0 Å². The van der Waals surface area contributed by atoms with E-state index < -0.39 is 0 Å². The monoisotopic (exact) mass is 471 g/mol. The Morgan fingerprint density at radius 2 is 1.09 bits per heavy atom. The van der Waals surface area contributed by atoms with Crippen LogP contribution in [0.5, 0.6) is 11.5 Å². The highest BCUT2D eigenvalue weighted by Gasteiger charge is 1.97. The minimum absolute atomic E-state index is 0. The highest BCUT2D eigenvalue weighted by atomic mass is 35.5. The minimum atomic E-state index is 0. The molecule has 0 aliphatic rings. The van der Waals surface area contributed by atoms with Gasteiger partial charge < -0.3 is 14.9 Å². The maximum absolute atomic E-state index is 8.04. The zero-order valence-electron chi connectivity index (χ0n) is 20.0. The predicted molar refractivity (Wildman–Crippen MR) is 143 cm³/mol. The van der Waals surface area contributed by atoms with Gasteiger partial charge in [0.05, 0.1) is 32.0 Å². The molecule has 6 heteroatoms. The van der Waals surface area contributed by atoms with E-state index in [9.17, 15) is 0 Å². The van der Waals surface area contributed by atoms with Crippen molar-refractivity contribution in [3.63, 3.8) is 0 Å². The lowest BCUT2D eigenvalue weighted by Crippen LogP contribution is -2.06. The second-order valence-corrected chi connectivity index (χ2v) is 7.79. The lowest BCUT2D eigenvalue weighted by atomic mass is 10.2. The first-order valence-corrected chi connectivity index (χ1v) is 11.7. The third-order valence-corrected chi connectivity index (χ3v) is 4.84. The number of unbranched alkanes of at least 4 members (excludes halogenated alkanes) is 4. The Kier molecular flexibility index (Phi) is 15.3. The first-order valence-electron chi connectivity index (χ1n) is 11.7. The molecule has 0 aliphatic heterocycles. The second kappa shape index (κ2) is 17.8. The van der Waals surface area contributed by atoms with Crippen molar-refractivity contribution < 1.29 is 9.47 Å². The molecule has 0 spiro atoms. The first kappa shape index (κ1) is 28.4. The molecule has 0 saturated carbocycles. The van der Waals surface area contributed by atoms with Gasteiger partial charge in [-0.1, -0.05) is 39.5 Å². The van der Waals surface area contributed by atoms with Gasteiger partial charge in [0.25, 0.3) is 0 Å². The number of aliphatic imine (C=N–C) groups is 2. The van der Waals surface area contributed by atoms with Crippen LogP contribution in [-0.4, -0.2) is 44.4 Å². The van der Waals surface area contributed by atoms with Gasteiger partial charge in [-0.25, -0.2) is 0 Å². The van der Waals surface area contributed by atoms with E-state index in [-0.39, 0.29) is 12.4 Å². The number of halogens is 1. The lowest BCUT2D eigenvalue weighted by Gasteiger charge is -2.05. The Morgan fingerprint density at radius 3 is 1.45 bits per heavy atom. The molecule has 0 saturated heterocycles. The largest absolute Gasteiger partial charge is 0.494 e. The molecule has 0 amide bonds. The molecule has 5 nitrogen and oxygen atoms in total. The van der Waals surface area contributed by atoms with Crippen molar-refractivity contribution in [1.82, 2.24) is 0 Å².